The van der Waals surface area contributed by atoms with E-state index in [0.717, 1.165) is 45.9 Å². The number of likely N-dealkylation sites (tertiary alicyclic amines) is 1. The molecule has 3 nitrogen and oxygen atoms in total. The summed E-state index contributed by atoms with van der Waals surface area (Å²) in [5.41, 5.74) is 2.11. The van der Waals surface area contributed by atoms with E-state index in [1.54, 1.807) is 11.3 Å². The van der Waals surface area contributed by atoms with Crippen LogP contribution in [-0.4, -0.2) is 34.6 Å². The molecule has 1 aliphatic rings. The Hall–Kier alpha value is -1.92. The number of benzene rings is 2. The second kappa shape index (κ2) is 8.40. The van der Waals surface area contributed by atoms with Crippen molar-refractivity contribution in [2.75, 3.05) is 18.8 Å². The van der Waals surface area contributed by atoms with Gasteiger partial charge in [-0.25, -0.2) is 9.37 Å². The van der Waals surface area contributed by atoms with Crippen molar-refractivity contribution >= 4 is 39.2 Å². The molecule has 1 atom stereocenters. The lowest BCUT2D eigenvalue weighted by atomic mass is 9.94. The Morgan fingerprint density at radius 2 is 2.00 bits per heavy atom. The Morgan fingerprint density at radius 1 is 1.19 bits per heavy atom. The first-order chi connectivity index (χ1) is 13.2. The molecule has 6 heteroatoms. The summed E-state index contributed by atoms with van der Waals surface area (Å²) >= 11 is 3.15. The molecule has 1 saturated heterocycles. The van der Waals surface area contributed by atoms with Gasteiger partial charge in [0.2, 0.25) is 5.91 Å². The van der Waals surface area contributed by atoms with Gasteiger partial charge in [0.25, 0.3) is 0 Å². The third-order valence-electron chi connectivity index (χ3n) is 4.96. The number of amides is 1. The second-order valence-electron chi connectivity index (χ2n) is 6.82. The van der Waals surface area contributed by atoms with Crippen LogP contribution < -0.4 is 0 Å². The molecule has 0 N–H and O–H groups in total. The summed E-state index contributed by atoms with van der Waals surface area (Å²) in [6, 6.07) is 14.8. The number of halogens is 1. The fourth-order valence-corrected chi connectivity index (χ4v) is 5.47. The van der Waals surface area contributed by atoms with Crippen LogP contribution in [0.2, 0.25) is 0 Å². The van der Waals surface area contributed by atoms with Crippen molar-refractivity contribution in [3.8, 4) is 0 Å². The first-order valence-corrected chi connectivity index (χ1v) is 11.0. The van der Waals surface area contributed by atoms with Gasteiger partial charge in [0.05, 0.1) is 16.0 Å². The lowest BCUT2D eigenvalue weighted by molar-refractivity contribution is -0.128. The number of para-hydroxylation sites is 1. The molecule has 0 aliphatic carbocycles. The normalized spacial score (nSPS) is 17.8. The maximum Gasteiger partial charge on any atom is 0.233 e. The number of rotatable bonds is 4. The maximum atomic E-state index is 13.2. The molecular weight excluding hydrogens is 379 g/mol. The third kappa shape index (κ3) is 4.50. The van der Waals surface area contributed by atoms with Gasteiger partial charge in [0.1, 0.15) is 5.82 Å². The topological polar surface area (TPSA) is 33.2 Å². The molecule has 1 amide bonds. The van der Waals surface area contributed by atoms with Crippen LogP contribution in [0.1, 0.15) is 30.7 Å². The van der Waals surface area contributed by atoms with E-state index in [4.69, 9.17) is 0 Å². The summed E-state index contributed by atoms with van der Waals surface area (Å²) < 4.78 is 15.3. The molecule has 4 rings (SSSR count). The molecule has 1 aromatic heterocycles. The van der Waals surface area contributed by atoms with Gasteiger partial charge in [-0.15, -0.1) is 11.3 Å². The van der Waals surface area contributed by atoms with Crippen molar-refractivity contribution < 1.29 is 9.18 Å². The van der Waals surface area contributed by atoms with Crippen LogP contribution in [0.25, 0.3) is 10.2 Å². The summed E-state index contributed by atoms with van der Waals surface area (Å²) in [6.45, 7) is 1.52. The number of fused-ring (bicyclic) bond motifs is 1. The van der Waals surface area contributed by atoms with Crippen LogP contribution in [0.4, 0.5) is 4.39 Å². The second-order valence-corrected chi connectivity index (χ2v) is 9.07. The molecule has 3 aromatic rings. The number of aromatic nitrogens is 1. The van der Waals surface area contributed by atoms with E-state index in [-0.39, 0.29) is 17.6 Å². The summed E-state index contributed by atoms with van der Waals surface area (Å²) in [6.07, 6.45) is 3.16. The first-order valence-electron chi connectivity index (χ1n) is 9.20. The van der Waals surface area contributed by atoms with Gasteiger partial charge in [-0.3, -0.25) is 4.79 Å². The van der Waals surface area contributed by atoms with Crippen molar-refractivity contribution in [1.82, 2.24) is 9.88 Å². The average Bonchev–Trinajstić information content (AvgIpc) is 2.94. The number of thioether (sulfide) groups is 1. The maximum absolute atomic E-state index is 13.2. The number of carbonyl (C=O) groups is 1. The van der Waals surface area contributed by atoms with Crippen LogP contribution in [0.3, 0.4) is 0 Å². The minimum Gasteiger partial charge on any atom is -0.341 e. The molecule has 2 heterocycles. The highest BCUT2D eigenvalue weighted by atomic mass is 32.2. The molecule has 0 radical (unpaired) electrons. The number of hydrogen-bond donors (Lipinski definition) is 0. The molecule has 27 heavy (non-hydrogen) atoms. The zero-order valence-electron chi connectivity index (χ0n) is 14.9. The largest absolute Gasteiger partial charge is 0.341 e. The Kier molecular flexibility index (Phi) is 5.74. The van der Waals surface area contributed by atoms with Gasteiger partial charge in [-0.1, -0.05) is 42.4 Å². The van der Waals surface area contributed by atoms with Crippen LogP contribution in [0, 0.1) is 5.82 Å². The molecule has 0 bridgehead atoms. The van der Waals surface area contributed by atoms with Crippen molar-refractivity contribution in [3.63, 3.8) is 0 Å². The standard InChI is InChI=1S/C21H21FN2OS2/c22-17-10-8-15(9-11-17)16-5-3-4-12-24(13-16)20(25)14-26-21-23-18-6-1-2-7-19(18)27-21/h1-2,6-11,16H,3-5,12-14H2. The lowest BCUT2D eigenvalue weighted by Crippen LogP contribution is -2.35. The number of thiazole rings is 1. The third-order valence-corrected chi connectivity index (χ3v) is 7.12. The van der Waals surface area contributed by atoms with Gasteiger partial charge >= 0.3 is 0 Å². The Bertz CT molecular complexity index is 892. The van der Waals surface area contributed by atoms with E-state index in [9.17, 15) is 9.18 Å². The SMILES string of the molecule is O=C(CSc1nc2ccccc2s1)N1CCCCC(c2ccc(F)cc2)C1. The quantitative estimate of drug-likeness (QED) is 0.556. The summed E-state index contributed by atoms with van der Waals surface area (Å²) in [7, 11) is 0. The van der Waals surface area contributed by atoms with E-state index in [2.05, 4.69) is 11.1 Å². The van der Waals surface area contributed by atoms with Crippen LogP contribution in [-0.2, 0) is 4.79 Å². The highest BCUT2D eigenvalue weighted by molar-refractivity contribution is 8.01. The van der Waals surface area contributed by atoms with E-state index in [1.165, 1.54) is 23.9 Å². The van der Waals surface area contributed by atoms with Crippen molar-refractivity contribution in [2.45, 2.75) is 29.5 Å². The van der Waals surface area contributed by atoms with Crippen LogP contribution in [0.5, 0.6) is 0 Å². The number of nitrogens with zero attached hydrogens (tertiary/aromatic N) is 2. The van der Waals surface area contributed by atoms with Crippen molar-refractivity contribution in [2.24, 2.45) is 0 Å². The number of hydrogen-bond acceptors (Lipinski definition) is 4. The zero-order valence-corrected chi connectivity index (χ0v) is 16.6. The fourth-order valence-electron chi connectivity index (χ4n) is 3.50. The highest BCUT2D eigenvalue weighted by Gasteiger charge is 2.23. The molecule has 0 saturated carbocycles. The molecule has 0 spiro atoms. The van der Waals surface area contributed by atoms with Crippen LogP contribution in [0.15, 0.2) is 52.9 Å². The van der Waals surface area contributed by atoms with E-state index in [0.29, 0.717) is 12.3 Å². The minimum atomic E-state index is -0.215. The van der Waals surface area contributed by atoms with Gasteiger partial charge in [-0.05, 0) is 42.7 Å². The Labute approximate surface area is 166 Å². The minimum absolute atomic E-state index is 0.160. The van der Waals surface area contributed by atoms with Gasteiger partial charge in [0.15, 0.2) is 4.34 Å². The predicted octanol–water partition coefficient (Wildman–Crippen LogP) is 5.32. The molecule has 140 valence electrons. The van der Waals surface area contributed by atoms with Gasteiger partial charge < -0.3 is 4.90 Å². The average molecular weight is 401 g/mol. The van der Waals surface area contributed by atoms with E-state index < -0.39 is 0 Å². The molecule has 2 aromatic carbocycles. The first kappa shape index (κ1) is 18.4. The molecule has 1 aliphatic heterocycles. The van der Waals surface area contributed by atoms with Gasteiger partial charge in [-0.2, -0.15) is 0 Å². The van der Waals surface area contributed by atoms with Gasteiger partial charge in [0, 0.05) is 19.0 Å². The van der Waals surface area contributed by atoms with E-state index >= 15 is 0 Å². The van der Waals surface area contributed by atoms with Crippen LogP contribution >= 0.6 is 23.1 Å². The zero-order chi connectivity index (χ0) is 18.6. The predicted molar refractivity (Wildman–Crippen MR) is 110 cm³/mol. The lowest BCUT2D eigenvalue weighted by Gasteiger charge is -2.24. The monoisotopic (exact) mass is 400 g/mol. The fraction of sp³-hybridized carbons (Fsp3) is 0.333. The summed E-state index contributed by atoms with van der Waals surface area (Å²) in [5.74, 6) is 0.640. The van der Waals surface area contributed by atoms with Crippen molar-refractivity contribution in [1.29, 1.82) is 0 Å². The van der Waals surface area contributed by atoms with E-state index in [1.807, 2.05) is 35.2 Å². The van der Waals surface area contributed by atoms with Crippen molar-refractivity contribution in [3.05, 3.63) is 59.9 Å². The Balaban J connectivity index is 1.40. The highest BCUT2D eigenvalue weighted by Crippen LogP contribution is 2.31. The smallest absolute Gasteiger partial charge is 0.233 e. The summed E-state index contributed by atoms with van der Waals surface area (Å²) in [4.78, 5) is 19.4. The number of carbonyl (C=O) groups excluding carboxylic acids is 1. The molecular formula is C21H21FN2OS2. The Morgan fingerprint density at radius 3 is 2.81 bits per heavy atom. The molecule has 1 unspecified atom stereocenters. The summed E-state index contributed by atoms with van der Waals surface area (Å²) in [5, 5.41) is 0. The molecule has 1 fully saturated rings.